The fourth-order valence-corrected chi connectivity index (χ4v) is 2.75. The number of hydrogen-bond acceptors (Lipinski definition) is 5. The molecule has 3 aromatic rings. The molecule has 0 aromatic heterocycles. The van der Waals surface area contributed by atoms with Crippen LogP contribution in [0, 0.1) is 11.3 Å². The van der Waals surface area contributed by atoms with Gasteiger partial charge < -0.3 is 15.4 Å². The number of esters is 1. The number of para-hydroxylation sites is 1. The predicted octanol–water partition coefficient (Wildman–Crippen LogP) is 4.47. The van der Waals surface area contributed by atoms with Gasteiger partial charge in [-0.1, -0.05) is 42.5 Å². The van der Waals surface area contributed by atoms with Crippen LogP contribution >= 0.6 is 0 Å². The summed E-state index contributed by atoms with van der Waals surface area (Å²) in [6.07, 6.45) is 1.34. The SMILES string of the molecule is CCOC(=O)c1ccccc1NC(=O)/C(C#N)=C\Nc1ccc2ccccc2c1. The van der Waals surface area contributed by atoms with E-state index in [-0.39, 0.29) is 23.4 Å². The predicted molar refractivity (Wildman–Crippen MR) is 112 cm³/mol. The molecular weight excluding hydrogens is 366 g/mol. The Hall–Kier alpha value is -4.11. The topological polar surface area (TPSA) is 91.2 Å². The van der Waals surface area contributed by atoms with Crippen LogP contribution in [0.2, 0.25) is 0 Å². The van der Waals surface area contributed by atoms with E-state index in [1.165, 1.54) is 6.20 Å². The Morgan fingerprint density at radius 3 is 2.52 bits per heavy atom. The molecule has 29 heavy (non-hydrogen) atoms. The first kappa shape index (κ1) is 19.6. The number of carbonyl (C=O) groups is 2. The zero-order valence-corrected chi connectivity index (χ0v) is 15.8. The maximum Gasteiger partial charge on any atom is 0.340 e. The largest absolute Gasteiger partial charge is 0.462 e. The summed E-state index contributed by atoms with van der Waals surface area (Å²) >= 11 is 0. The molecule has 0 radical (unpaired) electrons. The highest BCUT2D eigenvalue weighted by Crippen LogP contribution is 2.20. The van der Waals surface area contributed by atoms with Crippen molar-refractivity contribution in [1.82, 2.24) is 0 Å². The van der Waals surface area contributed by atoms with E-state index in [2.05, 4.69) is 10.6 Å². The Bertz CT molecular complexity index is 1130. The Morgan fingerprint density at radius 2 is 1.76 bits per heavy atom. The van der Waals surface area contributed by atoms with E-state index < -0.39 is 11.9 Å². The number of carbonyl (C=O) groups excluding carboxylic acids is 2. The van der Waals surface area contributed by atoms with Gasteiger partial charge in [-0.3, -0.25) is 4.79 Å². The molecule has 3 aromatic carbocycles. The van der Waals surface area contributed by atoms with Crippen LogP contribution in [-0.4, -0.2) is 18.5 Å². The van der Waals surface area contributed by atoms with Gasteiger partial charge in [0.25, 0.3) is 5.91 Å². The maximum absolute atomic E-state index is 12.5. The van der Waals surface area contributed by atoms with Gasteiger partial charge in [-0.05, 0) is 42.0 Å². The molecule has 0 saturated carbocycles. The van der Waals surface area contributed by atoms with Gasteiger partial charge in [0.05, 0.1) is 17.9 Å². The molecule has 6 nitrogen and oxygen atoms in total. The van der Waals surface area contributed by atoms with Crippen molar-refractivity contribution in [2.24, 2.45) is 0 Å². The standard InChI is InChI=1S/C23H19N3O3/c1-2-29-23(28)20-9-5-6-10-21(20)26-22(27)18(14-24)15-25-19-12-11-16-7-3-4-8-17(16)13-19/h3-13,15,25H,2H2,1H3,(H,26,27)/b18-15-. The highest BCUT2D eigenvalue weighted by atomic mass is 16.5. The minimum Gasteiger partial charge on any atom is -0.462 e. The molecule has 144 valence electrons. The maximum atomic E-state index is 12.5. The molecule has 0 bridgehead atoms. The van der Waals surface area contributed by atoms with Crippen LogP contribution in [-0.2, 0) is 9.53 Å². The zero-order valence-electron chi connectivity index (χ0n) is 15.8. The highest BCUT2D eigenvalue weighted by Gasteiger charge is 2.16. The minimum atomic E-state index is -0.627. The van der Waals surface area contributed by atoms with Crippen molar-refractivity contribution in [2.75, 3.05) is 17.2 Å². The van der Waals surface area contributed by atoms with Gasteiger partial charge in [-0.25, -0.2) is 4.79 Å². The number of nitrogens with one attached hydrogen (secondary N) is 2. The summed E-state index contributed by atoms with van der Waals surface area (Å²) in [7, 11) is 0. The average molecular weight is 385 g/mol. The fourth-order valence-electron chi connectivity index (χ4n) is 2.75. The molecule has 0 aliphatic heterocycles. The van der Waals surface area contributed by atoms with Crippen molar-refractivity contribution in [3.8, 4) is 6.07 Å². The van der Waals surface area contributed by atoms with E-state index in [9.17, 15) is 14.9 Å². The number of hydrogen-bond donors (Lipinski definition) is 2. The number of rotatable bonds is 6. The summed E-state index contributed by atoms with van der Waals surface area (Å²) in [5.41, 5.74) is 1.12. The molecule has 1 amide bonds. The Labute approximate surface area is 168 Å². The zero-order chi connectivity index (χ0) is 20.6. The number of benzene rings is 3. The normalized spacial score (nSPS) is 10.8. The van der Waals surface area contributed by atoms with Gasteiger partial charge in [0.15, 0.2) is 0 Å². The number of ether oxygens (including phenoxy) is 1. The smallest absolute Gasteiger partial charge is 0.340 e. The number of anilines is 2. The minimum absolute atomic E-state index is 0.128. The van der Waals surface area contributed by atoms with E-state index in [4.69, 9.17) is 4.74 Å². The lowest BCUT2D eigenvalue weighted by atomic mass is 10.1. The second kappa shape index (κ2) is 9.20. The third-order valence-corrected chi connectivity index (χ3v) is 4.17. The van der Waals surface area contributed by atoms with E-state index >= 15 is 0 Å². The van der Waals surface area contributed by atoms with Crippen molar-refractivity contribution in [1.29, 1.82) is 5.26 Å². The highest BCUT2D eigenvalue weighted by molar-refractivity contribution is 6.09. The van der Waals surface area contributed by atoms with Crippen molar-refractivity contribution in [3.63, 3.8) is 0 Å². The van der Waals surface area contributed by atoms with E-state index in [0.717, 1.165) is 16.5 Å². The Morgan fingerprint density at radius 1 is 1.03 bits per heavy atom. The molecule has 0 aliphatic rings. The lowest BCUT2D eigenvalue weighted by molar-refractivity contribution is -0.112. The van der Waals surface area contributed by atoms with Crippen LogP contribution < -0.4 is 10.6 Å². The van der Waals surface area contributed by atoms with E-state index in [1.807, 2.05) is 48.5 Å². The summed E-state index contributed by atoms with van der Waals surface area (Å²) in [5, 5.41) is 17.1. The molecule has 6 heteroatoms. The van der Waals surface area contributed by atoms with Gasteiger partial charge in [-0.15, -0.1) is 0 Å². The molecule has 0 fully saturated rings. The Kier molecular flexibility index (Phi) is 6.23. The molecule has 0 spiro atoms. The van der Waals surface area contributed by atoms with Crippen LogP contribution in [0.15, 0.2) is 78.5 Å². The van der Waals surface area contributed by atoms with Crippen LogP contribution in [0.5, 0.6) is 0 Å². The third-order valence-electron chi connectivity index (χ3n) is 4.17. The molecule has 0 heterocycles. The molecule has 2 N–H and O–H groups in total. The van der Waals surface area contributed by atoms with Gasteiger partial charge in [0.1, 0.15) is 11.6 Å². The summed E-state index contributed by atoms with van der Waals surface area (Å²) in [4.78, 5) is 24.6. The number of amides is 1. The monoisotopic (exact) mass is 385 g/mol. The summed E-state index contributed by atoms with van der Waals surface area (Å²) in [6.45, 7) is 1.92. The number of fused-ring (bicyclic) bond motifs is 1. The van der Waals surface area contributed by atoms with Crippen LogP contribution in [0.25, 0.3) is 10.8 Å². The first-order valence-corrected chi connectivity index (χ1v) is 9.05. The Balaban J connectivity index is 1.77. The lowest BCUT2D eigenvalue weighted by Crippen LogP contribution is -2.17. The summed E-state index contributed by atoms with van der Waals surface area (Å²) in [6, 6.07) is 22.0. The van der Waals surface area contributed by atoms with Gasteiger partial charge in [-0.2, -0.15) is 5.26 Å². The second-order valence-electron chi connectivity index (χ2n) is 6.10. The second-order valence-corrected chi connectivity index (χ2v) is 6.10. The summed E-state index contributed by atoms with van der Waals surface area (Å²) in [5.74, 6) is -1.17. The van der Waals surface area contributed by atoms with Crippen molar-refractivity contribution in [3.05, 3.63) is 84.1 Å². The van der Waals surface area contributed by atoms with E-state index in [1.54, 1.807) is 31.2 Å². The van der Waals surface area contributed by atoms with Crippen LogP contribution in [0.3, 0.4) is 0 Å². The lowest BCUT2D eigenvalue weighted by Gasteiger charge is -2.10. The van der Waals surface area contributed by atoms with E-state index in [0.29, 0.717) is 0 Å². The fraction of sp³-hybridized carbons (Fsp3) is 0.0870. The third kappa shape index (κ3) is 4.79. The molecule has 0 saturated heterocycles. The van der Waals surface area contributed by atoms with Crippen molar-refractivity contribution < 1.29 is 14.3 Å². The molecule has 0 aliphatic carbocycles. The first-order valence-electron chi connectivity index (χ1n) is 9.05. The van der Waals surface area contributed by atoms with Crippen LogP contribution in [0.1, 0.15) is 17.3 Å². The van der Waals surface area contributed by atoms with Gasteiger partial charge in [0.2, 0.25) is 0 Å². The number of nitrogens with zero attached hydrogens (tertiary/aromatic N) is 1. The molecule has 0 atom stereocenters. The molecular formula is C23H19N3O3. The van der Waals surface area contributed by atoms with Crippen LogP contribution in [0.4, 0.5) is 11.4 Å². The van der Waals surface area contributed by atoms with Crippen molar-refractivity contribution in [2.45, 2.75) is 6.92 Å². The van der Waals surface area contributed by atoms with Gasteiger partial charge >= 0.3 is 5.97 Å². The van der Waals surface area contributed by atoms with Crippen molar-refractivity contribution >= 4 is 34.0 Å². The first-order chi connectivity index (χ1) is 14.1. The summed E-state index contributed by atoms with van der Waals surface area (Å²) < 4.78 is 5.00. The quantitative estimate of drug-likeness (QED) is 0.371. The number of nitriles is 1. The molecule has 0 unspecified atom stereocenters. The molecule has 3 rings (SSSR count). The average Bonchev–Trinajstić information content (AvgIpc) is 2.74. The van der Waals surface area contributed by atoms with Gasteiger partial charge in [0, 0.05) is 11.9 Å².